The van der Waals surface area contributed by atoms with Crippen LogP contribution in [0.4, 0.5) is 11.4 Å². The smallest absolute Gasteiger partial charge is 0.257 e. The van der Waals surface area contributed by atoms with Gasteiger partial charge in [0.1, 0.15) is 0 Å². The van der Waals surface area contributed by atoms with Crippen LogP contribution < -0.4 is 20.1 Å². The van der Waals surface area contributed by atoms with Crippen LogP contribution >= 0.6 is 0 Å². The molecule has 2 N–H and O–H groups in total. The summed E-state index contributed by atoms with van der Waals surface area (Å²) in [5, 5.41) is 5.76. The van der Waals surface area contributed by atoms with E-state index in [-0.39, 0.29) is 12.7 Å². The van der Waals surface area contributed by atoms with Gasteiger partial charge in [-0.25, -0.2) is 0 Å². The van der Waals surface area contributed by atoms with Crippen LogP contribution in [0.5, 0.6) is 11.5 Å². The van der Waals surface area contributed by atoms with E-state index in [1.54, 1.807) is 43.7 Å². The highest BCUT2D eigenvalue weighted by molar-refractivity contribution is 6.08. The first kappa shape index (κ1) is 12.3. The maximum absolute atomic E-state index is 12.2. The van der Waals surface area contributed by atoms with Crippen molar-refractivity contribution in [2.75, 3.05) is 24.5 Å². The van der Waals surface area contributed by atoms with Gasteiger partial charge in [-0.1, -0.05) is 0 Å². The van der Waals surface area contributed by atoms with Crippen LogP contribution in [-0.2, 0) is 0 Å². The van der Waals surface area contributed by atoms with Crippen LogP contribution in [0.1, 0.15) is 10.4 Å². The lowest BCUT2D eigenvalue weighted by Crippen LogP contribution is -2.14. The SMILES string of the molecule is CNc1cnccc1C(=O)Nc1ccc2c(c1)OCO2. The minimum Gasteiger partial charge on any atom is -0.454 e. The summed E-state index contributed by atoms with van der Waals surface area (Å²) in [6.07, 6.45) is 3.18. The Labute approximate surface area is 115 Å². The van der Waals surface area contributed by atoms with E-state index in [0.29, 0.717) is 28.4 Å². The van der Waals surface area contributed by atoms with Crippen molar-refractivity contribution in [3.05, 3.63) is 42.2 Å². The van der Waals surface area contributed by atoms with Crippen molar-refractivity contribution in [2.45, 2.75) is 0 Å². The zero-order chi connectivity index (χ0) is 13.9. The predicted molar refractivity (Wildman–Crippen MR) is 74.3 cm³/mol. The Balaban J connectivity index is 1.82. The van der Waals surface area contributed by atoms with Gasteiger partial charge in [-0.15, -0.1) is 0 Å². The lowest BCUT2D eigenvalue weighted by Gasteiger charge is -2.09. The van der Waals surface area contributed by atoms with Gasteiger partial charge in [0.25, 0.3) is 5.91 Å². The standard InChI is InChI=1S/C14H13N3O3/c1-15-11-7-16-5-4-10(11)14(18)17-9-2-3-12-13(6-9)20-8-19-12/h2-7,15H,8H2,1H3,(H,17,18). The van der Waals surface area contributed by atoms with Gasteiger partial charge in [-0.2, -0.15) is 0 Å². The number of aromatic nitrogens is 1. The van der Waals surface area contributed by atoms with Crippen molar-refractivity contribution in [3.8, 4) is 11.5 Å². The number of carbonyl (C=O) groups excluding carboxylic acids is 1. The first-order chi connectivity index (χ1) is 9.78. The maximum atomic E-state index is 12.2. The summed E-state index contributed by atoms with van der Waals surface area (Å²) in [5.74, 6) is 1.10. The topological polar surface area (TPSA) is 72.5 Å². The Morgan fingerprint density at radius 1 is 1.25 bits per heavy atom. The van der Waals surface area contributed by atoms with E-state index in [2.05, 4.69) is 15.6 Å². The third-order valence-electron chi connectivity index (χ3n) is 2.97. The molecule has 0 saturated carbocycles. The minimum absolute atomic E-state index is 0.209. The molecule has 1 amide bonds. The van der Waals surface area contributed by atoms with Gasteiger partial charge in [0.15, 0.2) is 11.5 Å². The number of nitrogens with zero attached hydrogens (tertiary/aromatic N) is 1. The Bertz CT molecular complexity index is 658. The van der Waals surface area contributed by atoms with Gasteiger partial charge in [0.2, 0.25) is 6.79 Å². The second-order valence-corrected chi connectivity index (χ2v) is 4.19. The number of benzene rings is 1. The molecular weight excluding hydrogens is 258 g/mol. The van der Waals surface area contributed by atoms with E-state index in [0.717, 1.165) is 0 Å². The van der Waals surface area contributed by atoms with Gasteiger partial charge < -0.3 is 20.1 Å². The molecule has 0 radical (unpaired) electrons. The van der Waals surface area contributed by atoms with Crippen molar-refractivity contribution in [3.63, 3.8) is 0 Å². The van der Waals surface area contributed by atoms with Crippen LogP contribution in [0.15, 0.2) is 36.7 Å². The number of hydrogen-bond acceptors (Lipinski definition) is 5. The summed E-state index contributed by atoms with van der Waals surface area (Å²) in [7, 11) is 1.74. The summed E-state index contributed by atoms with van der Waals surface area (Å²) in [4.78, 5) is 16.2. The fourth-order valence-electron chi connectivity index (χ4n) is 1.96. The molecule has 1 aromatic carbocycles. The zero-order valence-electron chi connectivity index (χ0n) is 10.8. The number of hydrogen-bond donors (Lipinski definition) is 2. The Morgan fingerprint density at radius 3 is 2.95 bits per heavy atom. The number of ether oxygens (including phenoxy) is 2. The second-order valence-electron chi connectivity index (χ2n) is 4.19. The molecule has 20 heavy (non-hydrogen) atoms. The fraction of sp³-hybridized carbons (Fsp3) is 0.143. The number of fused-ring (bicyclic) bond motifs is 1. The van der Waals surface area contributed by atoms with Crippen molar-refractivity contribution < 1.29 is 14.3 Å². The minimum atomic E-state index is -0.212. The molecule has 2 aromatic rings. The molecule has 102 valence electrons. The molecule has 1 aromatic heterocycles. The highest BCUT2D eigenvalue weighted by Gasteiger charge is 2.15. The summed E-state index contributed by atoms with van der Waals surface area (Å²) in [6.45, 7) is 0.209. The molecule has 1 aliphatic heterocycles. The molecule has 0 fully saturated rings. The van der Waals surface area contributed by atoms with E-state index in [4.69, 9.17) is 9.47 Å². The van der Waals surface area contributed by atoms with Gasteiger partial charge in [-0.3, -0.25) is 9.78 Å². The molecule has 1 aliphatic rings. The highest BCUT2D eigenvalue weighted by atomic mass is 16.7. The first-order valence-corrected chi connectivity index (χ1v) is 6.10. The van der Waals surface area contributed by atoms with Crippen molar-refractivity contribution >= 4 is 17.3 Å². The summed E-state index contributed by atoms with van der Waals surface area (Å²) in [5.41, 5.74) is 1.85. The number of rotatable bonds is 3. The molecule has 0 unspecified atom stereocenters. The van der Waals surface area contributed by atoms with Crippen molar-refractivity contribution in [1.29, 1.82) is 0 Å². The molecule has 3 rings (SSSR count). The molecule has 6 nitrogen and oxygen atoms in total. The lowest BCUT2D eigenvalue weighted by atomic mass is 10.2. The molecule has 0 saturated heterocycles. The maximum Gasteiger partial charge on any atom is 0.257 e. The Morgan fingerprint density at radius 2 is 2.10 bits per heavy atom. The van der Waals surface area contributed by atoms with Crippen LogP contribution in [0.2, 0.25) is 0 Å². The molecule has 0 aliphatic carbocycles. The van der Waals surface area contributed by atoms with Gasteiger partial charge in [0.05, 0.1) is 17.4 Å². The largest absolute Gasteiger partial charge is 0.454 e. The normalized spacial score (nSPS) is 12.1. The van der Waals surface area contributed by atoms with Crippen molar-refractivity contribution in [2.24, 2.45) is 0 Å². The second kappa shape index (κ2) is 5.08. The van der Waals surface area contributed by atoms with Crippen molar-refractivity contribution in [1.82, 2.24) is 4.98 Å². The van der Waals surface area contributed by atoms with Crippen LogP contribution in [-0.4, -0.2) is 24.7 Å². The van der Waals surface area contributed by atoms with Gasteiger partial charge >= 0.3 is 0 Å². The Hall–Kier alpha value is -2.76. The van der Waals surface area contributed by atoms with Gasteiger partial charge in [0, 0.05) is 25.0 Å². The Kier molecular flexibility index (Phi) is 3.12. The summed E-state index contributed by atoms with van der Waals surface area (Å²) in [6, 6.07) is 6.93. The summed E-state index contributed by atoms with van der Waals surface area (Å²) < 4.78 is 10.5. The highest BCUT2D eigenvalue weighted by Crippen LogP contribution is 2.34. The average molecular weight is 271 g/mol. The average Bonchev–Trinajstić information content (AvgIpc) is 2.94. The van der Waals surface area contributed by atoms with E-state index >= 15 is 0 Å². The van der Waals surface area contributed by atoms with Crippen LogP contribution in [0.3, 0.4) is 0 Å². The first-order valence-electron chi connectivity index (χ1n) is 6.10. The van der Waals surface area contributed by atoms with E-state index in [1.807, 2.05) is 0 Å². The van der Waals surface area contributed by atoms with E-state index in [1.165, 1.54) is 0 Å². The van der Waals surface area contributed by atoms with E-state index in [9.17, 15) is 4.79 Å². The summed E-state index contributed by atoms with van der Waals surface area (Å²) >= 11 is 0. The molecule has 6 heteroatoms. The number of amides is 1. The number of anilines is 2. The number of pyridine rings is 1. The van der Waals surface area contributed by atoms with Crippen LogP contribution in [0.25, 0.3) is 0 Å². The molecule has 0 atom stereocenters. The number of nitrogens with one attached hydrogen (secondary N) is 2. The quantitative estimate of drug-likeness (QED) is 0.894. The zero-order valence-corrected chi connectivity index (χ0v) is 10.8. The molecule has 0 spiro atoms. The molecule has 0 bridgehead atoms. The predicted octanol–water partition coefficient (Wildman–Crippen LogP) is 2.10. The fourth-order valence-corrected chi connectivity index (χ4v) is 1.96. The number of carbonyl (C=O) groups is 1. The van der Waals surface area contributed by atoms with Crippen LogP contribution in [0, 0.1) is 0 Å². The molecule has 2 heterocycles. The monoisotopic (exact) mass is 271 g/mol. The lowest BCUT2D eigenvalue weighted by molar-refractivity contribution is 0.102. The van der Waals surface area contributed by atoms with Gasteiger partial charge in [-0.05, 0) is 18.2 Å². The third kappa shape index (κ3) is 2.23. The third-order valence-corrected chi connectivity index (χ3v) is 2.97. The molecular formula is C14H13N3O3. The van der Waals surface area contributed by atoms with E-state index < -0.39 is 0 Å².